The maximum Gasteiger partial charge on any atom is 0.273 e. The van der Waals surface area contributed by atoms with E-state index in [1.807, 2.05) is 12.1 Å². The molecule has 33 heavy (non-hydrogen) atoms. The molecular weight excluding hydrogens is 409 g/mol. The third-order valence-corrected chi connectivity index (χ3v) is 6.55. The number of rotatable bonds is 9. The highest BCUT2D eigenvalue weighted by Gasteiger charge is 2.27. The molecule has 1 aromatic carbocycles. The van der Waals surface area contributed by atoms with Gasteiger partial charge in [-0.25, -0.2) is 0 Å². The van der Waals surface area contributed by atoms with Gasteiger partial charge in [0.1, 0.15) is 5.75 Å². The predicted molar refractivity (Wildman–Crippen MR) is 137 cm³/mol. The van der Waals surface area contributed by atoms with E-state index in [9.17, 15) is 4.39 Å². The van der Waals surface area contributed by atoms with Gasteiger partial charge in [0, 0.05) is 22.9 Å². The molecule has 0 bridgehead atoms. The van der Waals surface area contributed by atoms with Crippen molar-refractivity contribution < 1.29 is 9.13 Å². The van der Waals surface area contributed by atoms with Gasteiger partial charge in [0.2, 0.25) is 0 Å². The summed E-state index contributed by atoms with van der Waals surface area (Å²) in [7, 11) is 0. The first-order valence-electron chi connectivity index (χ1n) is 12.3. The number of allylic oxidation sites excluding steroid dienone is 3. The minimum atomic E-state index is -0.587. The highest BCUT2D eigenvalue weighted by molar-refractivity contribution is 5.86. The fourth-order valence-corrected chi connectivity index (χ4v) is 5.17. The van der Waals surface area contributed by atoms with Crippen LogP contribution in [0.25, 0.3) is 5.57 Å². The average molecular weight is 448 g/mol. The molecule has 1 atom stereocenters. The van der Waals surface area contributed by atoms with E-state index in [1.165, 1.54) is 52.6 Å². The number of H-pyrrole nitrogens is 1. The number of hydrogen-bond acceptors (Lipinski definition) is 1. The van der Waals surface area contributed by atoms with Crippen LogP contribution in [0.4, 0.5) is 4.39 Å². The van der Waals surface area contributed by atoms with Crippen molar-refractivity contribution in [3.05, 3.63) is 88.4 Å². The fourth-order valence-electron chi connectivity index (χ4n) is 5.17. The molecular formula is C30H38FNO. The summed E-state index contributed by atoms with van der Waals surface area (Å²) in [4.78, 5) is 3.70. The fraction of sp³-hybridized carbons (Fsp3) is 0.433. The number of nitrogens with one attached hydrogen (secondary N) is 1. The number of halogens is 1. The summed E-state index contributed by atoms with van der Waals surface area (Å²) in [5.41, 5.74) is 12.3. The minimum Gasteiger partial charge on any atom is -0.432 e. The molecule has 1 aliphatic rings. The Morgan fingerprint density at radius 1 is 1.21 bits per heavy atom. The van der Waals surface area contributed by atoms with Crippen LogP contribution in [0.1, 0.15) is 81.5 Å². The Kier molecular flexibility index (Phi) is 8.58. The van der Waals surface area contributed by atoms with E-state index in [0.29, 0.717) is 11.7 Å². The number of fused-ring (bicyclic) bond motifs is 1. The lowest BCUT2D eigenvalue weighted by molar-refractivity contribution is 0.301. The van der Waals surface area contributed by atoms with E-state index < -0.39 is 6.01 Å². The largest absolute Gasteiger partial charge is 0.432 e. The van der Waals surface area contributed by atoms with Gasteiger partial charge in [-0.05, 0) is 92.9 Å². The van der Waals surface area contributed by atoms with Crippen molar-refractivity contribution in [1.82, 2.24) is 4.98 Å². The van der Waals surface area contributed by atoms with Crippen molar-refractivity contribution in [2.24, 2.45) is 11.8 Å². The molecule has 2 nitrogen and oxygen atoms in total. The van der Waals surface area contributed by atoms with Crippen LogP contribution in [0.3, 0.4) is 0 Å². The standard InChI is InChI=1S/C30H38FNO/c1-7-12-22(13-8-2)28(20(4)5)30(23-16-18-24(19-17-23)33-27(31)9-3)29-21(6)32-26-15-11-10-14-25(26)29/h9,12,16-20,22,32H,1,8,10-11,13-15H2,2-6H3/b27-9+,30-28+. The molecule has 0 aliphatic heterocycles. The first-order chi connectivity index (χ1) is 15.9. The Hall–Kier alpha value is -2.77. The summed E-state index contributed by atoms with van der Waals surface area (Å²) in [6.45, 7) is 14.5. The Bertz CT molecular complexity index is 1060. The van der Waals surface area contributed by atoms with Gasteiger partial charge in [-0.2, -0.15) is 4.39 Å². The number of benzene rings is 1. The Labute approximate surface area is 199 Å². The van der Waals surface area contributed by atoms with Gasteiger partial charge < -0.3 is 9.72 Å². The van der Waals surface area contributed by atoms with Crippen molar-refractivity contribution in [2.45, 2.75) is 73.1 Å². The smallest absolute Gasteiger partial charge is 0.273 e. The molecule has 0 radical (unpaired) electrons. The van der Waals surface area contributed by atoms with Crippen molar-refractivity contribution in [2.75, 3.05) is 0 Å². The molecule has 0 saturated heterocycles. The quantitative estimate of drug-likeness (QED) is 0.302. The van der Waals surface area contributed by atoms with Crippen LogP contribution in [0.5, 0.6) is 5.75 Å². The van der Waals surface area contributed by atoms with Gasteiger partial charge in [-0.1, -0.05) is 51.5 Å². The molecule has 1 heterocycles. The molecule has 1 aromatic heterocycles. The van der Waals surface area contributed by atoms with Crippen molar-refractivity contribution >= 4 is 5.57 Å². The molecule has 1 unspecified atom stereocenters. The van der Waals surface area contributed by atoms with Crippen molar-refractivity contribution in [3.8, 4) is 5.75 Å². The maximum absolute atomic E-state index is 13.7. The Morgan fingerprint density at radius 2 is 1.91 bits per heavy atom. The second-order valence-electron chi connectivity index (χ2n) is 9.26. The Morgan fingerprint density at radius 3 is 2.52 bits per heavy atom. The molecule has 0 saturated carbocycles. The molecule has 0 fully saturated rings. The number of aromatic nitrogens is 1. The molecule has 1 aliphatic carbocycles. The lowest BCUT2D eigenvalue weighted by atomic mass is 9.77. The molecule has 1 N–H and O–H groups in total. The maximum atomic E-state index is 13.7. The minimum absolute atomic E-state index is 0.271. The van der Waals surface area contributed by atoms with Gasteiger partial charge in [-0.3, -0.25) is 0 Å². The highest BCUT2D eigenvalue weighted by Crippen LogP contribution is 2.42. The molecule has 0 amide bonds. The Balaban J connectivity index is 2.28. The summed E-state index contributed by atoms with van der Waals surface area (Å²) in [5, 5.41) is 0. The zero-order chi connectivity index (χ0) is 24.0. The normalized spacial score (nSPS) is 15.5. The third-order valence-electron chi connectivity index (χ3n) is 6.55. The third kappa shape index (κ3) is 5.60. The highest BCUT2D eigenvalue weighted by atomic mass is 19.1. The molecule has 2 aromatic rings. The summed E-state index contributed by atoms with van der Waals surface area (Å²) in [6, 6.07) is 7.28. The van der Waals surface area contributed by atoms with Gasteiger partial charge in [0.15, 0.2) is 0 Å². The summed E-state index contributed by atoms with van der Waals surface area (Å²) in [5.74, 6) is 1.13. The van der Waals surface area contributed by atoms with Crippen LogP contribution in [0, 0.1) is 18.8 Å². The van der Waals surface area contributed by atoms with E-state index in [4.69, 9.17) is 4.74 Å². The van der Waals surface area contributed by atoms with Crippen molar-refractivity contribution in [1.29, 1.82) is 0 Å². The predicted octanol–water partition coefficient (Wildman–Crippen LogP) is 8.63. The number of aromatic amines is 1. The zero-order valence-corrected chi connectivity index (χ0v) is 20.9. The number of aryl methyl sites for hydroxylation is 2. The van der Waals surface area contributed by atoms with Crippen LogP contribution in [-0.2, 0) is 12.8 Å². The SMILES string of the molecule is C=C=CC(CCC)/C(=C(\c1ccc(O/C(F)=C/C)cc1)c1c(C)[nH]c2c1CCCC2)C(C)C. The van der Waals surface area contributed by atoms with Crippen LogP contribution in [-0.4, -0.2) is 4.98 Å². The van der Waals surface area contributed by atoms with Crippen LogP contribution >= 0.6 is 0 Å². The molecule has 176 valence electrons. The van der Waals surface area contributed by atoms with Crippen LogP contribution < -0.4 is 4.74 Å². The van der Waals surface area contributed by atoms with E-state index in [0.717, 1.165) is 31.2 Å². The van der Waals surface area contributed by atoms with Crippen molar-refractivity contribution in [3.63, 3.8) is 0 Å². The average Bonchev–Trinajstić information content (AvgIpc) is 3.13. The number of ether oxygens (including phenoxy) is 1. The molecule has 3 rings (SSSR count). The van der Waals surface area contributed by atoms with Gasteiger partial charge in [0.05, 0.1) is 0 Å². The van der Waals surface area contributed by atoms with E-state index in [1.54, 1.807) is 6.92 Å². The first-order valence-corrected chi connectivity index (χ1v) is 12.3. The second-order valence-corrected chi connectivity index (χ2v) is 9.26. The summed E-state index contributed by atoms with van der Waals surface area (Å²) < 4.78 is 18.9. The van der Waals surface area contributed by atoms with E-state index in [-0.39, 0.29) is 5.92 Å². The van der Waals surface area contributed by atoms with E-state index in [2.05, 4.69) is 63.2 Å². The second kappa shape index (κ2) is 11.4. The molecule has 0 spiro atoms. The lowest BCUT2D eigenvalue weighted by Gasteiger charge is -2.26. The monoisotopic (exact) mass is 447 g/mol. The lowest BCUT2D eigenvalue weighted by Crippen LogP contribution is -2.12. The van der Waals surface area contributed by atoms with E-state index >= 15 is 0 Å². The number of hydrogen-bond donors (Lipinski definition) is 1. The summed E-state index contributed by atoms with van der Waals surface area (Å²) in [6.07, 6.45) is 10.3. The molecule has 3 heteroatoms. The van der Waals surface area contributed by atoms with Crippen LogP contribution in [0.2, 0.25) is 0 Å². The van der Waals surface area contributed by atoms with Gasteiger partial charge >= 0.3 is 0 Å². The zero-order valence-electron chi connectivity index (χ0n) is 20.9. The van der Waals surface area contributed by atoms with Crippen LogP contribution in [0.15, 0.2) is 60.3 Å². The first kappa shape index (κ1) is 24.9. The topological polar surface area (TPSA) is 25.0 Å². The van der Waals surface area contributed by atoms with Gasteiger partial charge in [-0.15, -0.1) is 5.73 Å². The summed E-state index contributed by atoms with van der Waals surface area (Å²) >= 11 is 0. The van der Waals surface area contributed by atoms with Gasteiger partial charge in [0.25, 0.3) is 6.01 Å².